The third kappa shape index (κ3) is 4.33. The first-order valence-corrected chi connectivity index (χ1v) is 8.63. The third-order valence-corrected chi connectivity index (χ3v) is 4.79. The van der Waals surface area contributed by atoms with Crippen LogP contribution in [0.25, 0.3) is 0 Å². The van der Waals surface area contributed by atoms with Crippen molar-refractivity contribution >= 4 is 17.7 Å². The van der Waals surface area contributed by atoms with Crippen molar-refractivity contribution < 1.29 is 9.53 Å². The first-order chi connectivity index (χ1) is 11.2. The molecule has 1 aliphatic heterocycles. The number of hydrogen-bond acceptors (Lipinski definition) is 4. The van der Waals surface area contributed by atoms with Crippen molar-refractivity contribution in [3.8, 4) is 0 Å². The van der Waals surface area contributed by atoms with E-state index in [-0.39, 0.29) is 12.0 Å². The Morgan fingerprint density at radius 1 is 1.35 bits per heavy atom. The molecule has 0 radical (unpaired) electrons. The molecule has 1 N–H and O–H groups in total. The van der Waals surface area contributed by atoms with E-state index in [0.29, 0.717) is 12.1 Å². The number of amides is 1. The average molecular weight is 328 g/mol. The zero-order valence-corrected chi connectivity index (χ0v) is 13.9. The summed E-state index contributed by atoms with van der Waals surface area (Å²) in [6.45, 7) is 3.41. The van der Waals surface area contributed by atoms with Gasteiger partial charge in [-0.05, 0) is 44.0 Å². The van der Waals surface area contributed by atoms with Gasteiger partial charge in [-0.15, -0.1) is 0 Å². The Kier molecular flexibility index (Phi) is 5.31. The fraction of sp³-hybridized carbons (Fsp3) is 0.333. The highest BCUT2D eigenvalue weighted by atomic mass is 32.2. The number of nitrogens with one attached hydrogen (secondary N) is 1. The number of rotatable bonds is 5. The highest BCUT2D eigenvalue weighted by Crippen LogP contribution is 2.28. The van der Waals surface area contributed by atoms with Crippen LogP contribution in [0.5, 0.6) is 0 Å². The lowest BCUT2D eigenvalue weighted by Crippen LogP contribution is -2.32. The number of benzene rings is 1. The Bertz CT molecular complexity index is 667. The fourth-order valence-corrected chi connectivity index (χ4v) is 3.35. The van der Waals surface area contributed by atoms with Crippen molar-refractivity contribution in [2.45, 2.75) is 35.8 Å². The molecule has 1 aliphatic rings. The zero-order chi connectivity index (χ0) is 16.1. The lowest BCUT2D eigenvalue weighted by atomic mass is 10.2. The molecule has 2 heterocycles. The van der Waals surface area contributed by atoms with Gasteiger partial charge in [0.25, 0.3) is 5.91 Å². The van der Waals surface area contributed by atoms with Crippen molar-refractivity contribution in [2.75, 3.05) is 13.2 Å². The topological polar surface area (TPSA) is 51.2 Å². The Hall–Kier alpha value is -1.85. The molecule has 1 unspecified atom stereocenters. The molecule has 1 saturated heterocycles. The number of carbonyl (C=O) groups excluding carboxylic acids is 1. The van der Waals surface area contributed by atoms with E-state index in [1.165, 1.54) is 17.3 Å². The molecular weight excluding hydrogens is 308 g/mol. The van der Waals surface area contributed by atoms with E-state index >= 15 is 0 Å². The fourth-order valence-electron chi connectivity index (χ4n) is 2.47. The second-order valence-electron chi connectivity index (χ2n) is 5.62. The molecule has 0 aliphatic carbocycles. The summed E-state index contributed by atoms with van der Waals surface area (Å²) in [6.07, 6.45) is 3.94. The van der Waals surface area contributed by atoms with Gasteiger partial charge in [-0.2, -0.15) is 0 Å². The molecule has 5 heteroatoms. The van der Waals surface area contributed by atoms with Crippen LogP contribution >= 0.6 is 11.8 Å². The molecule has 23 heavy (non-hydrogen) atoms. The minimum absolute atomic E-state index is 0.0942. The van der Waals surface area contributed by atoms with Gasteiger partial charge in [-0.1, -0.05) is 29.5 Å². The van der Waals surface area contributed by atoms with Crippen molar-refractivity contribution in [3.63, 3.8) is 0 Å². The summed E-state index contributed by atoms with van der Waals surface area (Å²) in [5.41, 5.74) is 1.82. The van der Waals surface area contributed by atoms with Gasteiger partial charge in [-0.25, -0.2) is 4.98 Å². The van der Waals surface area contributed by atoms with Crippen molar-refractivity contribution in [1.82, 2.24) is 10.3 Å². The van der Waals surface area contributed by atoms with Gasteiger partial charge in [0.2, 0.25) is 0 Å². The Morgan fingerprint density at radius 3 is 2.91 bits per heavy atom. The molecule has 3 rings (SSSR count). The van der Waals surface area contributed by atoms with E-state index in [0.717, 1.165) is 29.4 Å². The predicted molar refractivity (Wildman–Crippen MR) is 90.8 cm³/mol. The molecule has 1 aromatic carbocycles. The van der Waals surface area contributed by atoms with Crippen LogP contribution < -0.4 is 5.32 Å². The van der Waals surface area contributed by atoms with Gasteiger partial charge in [0.15, 0.2) is 0 Å². The van der Waals surface area contributed by atoms with Crippen molar-refractivity contribution in [1.29, 1.82) is 0 Å². The Balaban J connectivity index is 1.69. The number of aryl methyl sites for hydroxylation is 1. The van der Waals surface area contributed by atoms with Gasteiger partial charge in [-0.3, -0.25) is 4.79 Å². The normalized spacial score (nSPS) is 17.2. The van der Waals surface area contributed by atoms with Crippen LogP contribution in [0.3, 0.4) is 0 Å². The number of ether oxygens (including phenoxy) is 1. The number of aromatic nitrogens is 1. The van der Waals surface area contributed by atoms with Crippen LogP contribution in [0.4, 0.5) is 0 Å². The second kappa shape index (κ2) is 7.62. The molecule has 2 aromatic rings. The summed E-state index contributed by atoms with van der Waals surface area (Å²) in [5, 5.41) is 3.68. The highest BCUT2D eigenvalue weighted by Gasteiger charge is 2.18. The molecule has 0 bridgehead atoms. The van der Waals surface area contributed by atoms with Crippen LogP contribution in [-0.2, 0) is 4.74 Å². The SMILES string of the molecule is Cc1ccc(Sc2ncccc2C(=O)NCC2CCCO2)cc1. The van der Waals surface area contributed by atoms with Gasteiger partial charge in [0.1, 0.15) is 5.03 Å². The van der Waals surface area contributed by atoms with Gasteiger partial charge in [0, 0.05) is 24.2 Å². The van der Waals surface area contributed by atoms with Crippen LogP contribution in [0.1, 0.15) is 28.8 Å². The summed E-state index contributed by atoms with van der Waals surface area (Å²) in [5.74, 6) is -0.0942. The summed E-state index contributed by atoms with van der Waals surface area (Å²) in [4.78, 5) is 17.9. The monoisotopic (exact) mass is 328 g/mol. The quantitative estimate of drug-likeness (QED) is 0.913. The molecule has 0 spiro atoms. The number of hydrogen-bond donors (Lipinski definition) is 1. The molecule has 1 fully saturated rings. The summed E-state index contributed by atoms with van der Waals surface area (Å²) in [7, 11) is 0. The summed E-state index contributed by atoms with van der Waals surface area (Å²) >= 11 is 1.51. The van der Waals surface area contributed by atoms with Crippen LogP contribution in [0.2, 0.25) is 0 Å². The van der Waals surface area contributed by atoms with E-state index in [2.05, 4.69) is 29.4 Å². The first-order valence-electron chi connectivity index (χ1n) is 7.82. The van der Waals surface area contributed by atoms with Gasteiger partial charge in [0.05, 0.1) is 11.7 Å². The van der Waals surface area contributed by atoms with E-state index in [1.807, 2.05) is 18.2 Å². The standard InChI is InChI=1S/C18H20N2O2S/c1-13-6-8-15(9-7-13)23-18-16(5-2-10-19-18)17(21)20-12-14-4-3-11-22-14/h2,5-10,14H,3-4,11-12H2,1H3,(H,20,21). The molecule has 1 aromatic heterocycles. The number of nitrogens with zero attached hydrogens (tertiary/aromatic N) is 1. The van der Waals surface area contributed by atoms with Crippen LogP contribution in [0, 0.1) is 6.92 Å². The molecule has 1 atom stereocenters. The van der Waals surface area contributed by atoms with Gasteiger partial charge < -0.3 is 10.1 Å². The largest absolute Gasteiger partial charge is 0.376 e. The number of carbonyl (C=O) groups is 1. The molecule has 4 nitrogen and oxygen atoms in total. The summed E-state index contributed by atoms with van der Waals surface area (Å²) < 4.78 is 5.54. The van der Waals surface area contributed by atoms with Gasteiger partial charge >= 0.3 is 0 Å². The van der Waals surface area contributed by atoms with E-state index in [1.54, 1.807) is 12.3 Å². The predicted octanol–water partition coefficient (Wildman–Crippen LogP) is 3.45. The lowest BCUT2D eigenvalue weighted by Gasteiger charge is -2.12. The summed E-state index contributed by atoms with van der Waals surface area (Å²) in [6, 6.07) is 11.8. The smallest absolute Gasteiger partial charge is 0.254 e. The maximum atomic E-state index is 12.4. The number of pyridine rings is 1. The Morgan fingerprint density at radius 2 is 2.17 bits per heavy atom. The van der Waals surface area contributed by atoms with Crippen LogP contribution in [0.15, 0.2) is 52.5 Å². The minimum atomic E-state index is -0.0942. The van der Waals surface area contributed by atoms with Crippen molar-refractivity contribution in [3.05, 3.63) is 53.7 Å². The second-order valence-corrected chi connectivity index (χ2v) is 6.68. The molecule has 0 saturated carbocycles. The van der Waals surface area contributed by atoms with E-state index in [4.69, 9.17) is 4.74 Å². The third-order valence-electron chi connectivity index (χ3n) is 3.77. The van der Waals surface area contributed by atoms with Crippen LogP contribution in [-0.4, -0.2) is 30.1 Å². The average Bonchev–Trinajstić information content (AvgIpc) is 3.09. The highest BCUT2D eigenvalue weighted by molar-refractivity contribution is 7.99. The minimum Gasteiger partial charge on any atom is -0.376 e. The molecule has 1 amide bonds. The zero-order valence-electron chi connectivity index (χ0n) is 13.1. The molecule has 120 valence electrons. The molecular formula is C18H20N2O2S. The van der Waals surface area contributed by atoms with E-state index < -0.39 is 0 Å². The Labute approximate surface area is 140 Å². The maximum absolute atomic E-state index is 12.4. The maximum Gasteiger partial charge on any atom is 0.254 e. The first kappa shape index (κ1) is 16.0. The lowest BCUT2D eigenvalue weighted by molar-refractivity contribution is 0.0855. The van der Waals surface area contributed by atoms with E-state index in [9.17, 15) is 4.79 Å². The van der Waals surface area contributed by atoms with Crippen molar-refractivity contribution in [2.24, 2.45) is 0 Å².